The fraction of sp³-hybridized carbons (Fsp3) is 0.500. The number of aliphatic hydroxyl groups is 1. The van der Waals surface area contributed by atoms with Crippen LogP contribution in [0.5, 0.6) is 0 Å². The van der Waals surface area contributed by atoms with Crippen molar-refractivity contribution in [2.24, 2.45) is 0 Å². The summed E-state index contributed by atoms with van der Waals surface area (Å²) in [5.74, 6) is 0. The Kier molecular flexibility index (Phi) is 4.06. The molecular weight excluding hydrogens is 206 g/mol. The van der Waals surface area contributed by atoms with Gasteiger partial charge < -0.3 is 10.4 Å². The molecule has 0 radical (unpaired) electrons. The predicted octanol–water partition coefficient (Wildman–Crippen LogP) is -0.523. The molecule has 0 fully saturated rings. The van der Waals surface area contributed by atoms with Crippen molar-refractivity contribution >= 4 is 11.6 Å². The molecule has 14 heavy (non-hydrogen) atoms. The van der Waals surface area contributed by atoms with Crippen LogP contribution in [0.25, 0.3) is 0 Å². The molecule has 0 saturated carbocycles. The van der Waals surface area contributed by atoms with Crippen LogP contribution in [-0.2, 0) is 6.54 Å². The first-order chi connectivity index (χ1) is 6.63. The lowest BCUT2D eigenvalue weighted by atomic mass is 10.3. The van der Waals surface area contributed by atoms with E-state index in [1.807, 2.05) is 0 Å². The number of rotatable bonds is 4. The first kappa shape index (κ1) is 11.2. The summed E-state index contributed by atoms with van der Waals surface area (Å²) in [6.07, 6.45) is 2.11. The molecule has 1 heterocycles. The van der Waals surface area contributed by atoms with E-state index in [2.05, 4.69) is 10.3 Å². The third-order valence-corrected chi connectivity index (χ3v) is 1.87. The summed E-state index contributed by atoms with van der Waals surface area (Å²) in [5, 5.41) is 12.6. The van der Waals surface area contributed by atoms with E-state index in [4.69, 9.17) is 11.6 Å². The second kappa shape index (κ2) is 5.09. The highest BCUT2D eigenvalue weighted by Crippen LogP contribution is 2.01. The molecule has 78 valence electrons. The smallest absolute Gasteiger partial charge is 0.347 e. The van der Waals surface area contributed by atoms with Gasteiger partial charge in [-0.15, -0.1) is 0 Å². The van der Waals surface area contributed by atoms with Crippen LogP contribution >= 0.6 is 11.6 Å². The topological polar surface area (TPSA) is 67.2 Å². The zero-order valence-corrected chi connectivity index (χ0v) is 8.53. The van der Waals surface area contributed by atoms with E-state index in [1.54, 1.807) is 7.05 Å². The third kappa shape index (κ3) is 3.10. The van der Waals surface area contributed by atoms with Crippen LogP contribution in [0.2, 0.25) is 5.02 Å². The predicted molar refractivity (Wildman–Crippen MR) is 53.4 cm³/mol. The van der Waals surface area contributed by atoms with Crippen molar-refractivity contribution < 1.29 is 5.11 Å². The van der Waals surface area contributed by atoms with E-state index in [0.717, 1.165) is 0 Å². The molecule has 0 spiro atoms. The van der Waals surface area contributed by atoms with Gasteiger partial charge in [-0.25, -0.2) is 9.78 Å². The second-order valence-corrected chi connectivity index (χ2v) is 3.36. The molecule has 6 heteroatoms. The van der Waals surface area contributed by atoms with Gasteiger partial charge in [0.15, 0.2) is 0 Å². The van der Waals surface area contributed by atoms with Gasteiger partial charge in [0.2, 0.25) is 0 Å². The Morgan fingerprint density at radius 1 is 1.79 bits per heavy atom. The number of nitrogens with zero attached hydrogens (tertiary/aromatic N) is 2. The van der Waals surface area contributed by atoms with Gasteiger partial charge in [-0.1, -0.05) is 11.6 Å². The molecule has 2 N–H and O–H groups in total. The molecule has 0 aliphatic heterocycles. The Morgan fingerprint density at radius 3 is 3.14 bits per heavy atom. The lowest BCUT2D eigenvalue weighted by Crippen LogP contribution is -2.33. The minimum Gasteiger partial charge on any atom is -0.390 e. The maximum atomic E-state index is 11.2. The highest BCUT2D eigenvalue weighted by molar-refractivity contribution is 6.30. The summed E-state index contributed by atoms with van der Waals surface area (Å²) in [6, 6.07) is 0. The molecule has 1 rings (SSSR count). The molecular formula is C8H12ClN3O2. The third-order valence-electron chi connectivity index (χ3n) is 1.67. The summed E-state index contributed by atoms with van der Waals surface area (Å²) >= 11 is 5.66. The first-order valence-electron chi connectivity index (χ1n) is 4.18. The molecule has 5 nitrogen and oxygen atoms in total. The maximum absolute atomic E-state index is 11.2. The molecule has 0 aromatic carbocycles. The van der Waals surface area contributed by atoms with Crippen molar-refractivity contribution in [3.05, 3.63) is 27.9 Å². The molecule has 0 bridgehead atoms. The van der Waals surface area contributed by atoms with E-state index < -0.39 is 11.8 Å². The summed E-state index contributed by atoms with van der Waals surface area (Å²) in [6.45, 7) is 0.603. The molecule has 0 saturated heterocycles. The fourth-order valence-electron chi connectivity index (χ4n) is 1.09. The van der Waals surface area contributed by atoms with Crippen LogP contribution < -0.4 is 11.0 Å². The average Bonchev–Trinajstić information content (AvgIpc) is 2.12. The SMILES string of the molecule is CNCC(O)Cn1cc(Cl)cnc1=O. The van der Waals surface area contributed by atoms with Crippen LogP contribution in [0.1, 0.15) is 0 Å². The fourth-order valence-corrected chi connectivity index (χ4v) is 1.25. The van der Waals surface area contributed by atoms with Gasteiger partial charge in [-0.3, -0.25) is 4.57 Å². The normalized spacial score (nSPS) is 12.8. The summed E-state index contributed by atoms with van der Waals surface area (Å²) in [4.78, 5) is 14.7. The zero-order chi connectivity index (χ0) is 10.6. The minimum absolute atomic E-state index is 0.188. The second-order valence-electron chi connectivity index (χ2n) is 2.92. The van der Waals surface area contributed by atoms with Crippen LogP contribution in [0.4, 0.5) is 0 Å². The maximum Gasteiger partial charge on any atom is 0.347 e. The largest absolute Gasteiger partial charge is 0.390 e. The summed E-state index contributed by atoms with van der Waals surface area (Å²) in [5.41, 5.74) is -0.412. The number of likely N-dealkylation sites (N-methyl/N-ethyl adjacent to an activating group) is 1. The lowest BCUT2D eigenvalue weighted by molar-refractivity contribution is 0.152. The number of halogens is 1. The van der Waals surface area contributed by atoms with Crippen LogP contribution in [0.15, 0.2) is 17.2 Å². The van der Waals surface area contributed by atoms with E-state index >= 15 is 0 Å². The van der Waals surface area contributed by atoms with Gasteiger partial charge in [0, 0.05) is 12.7 Å². The van der Waals surface area contributed by atoms with Gasteiger partial charge in [-0.2, -0.15) is 0 Å². The van der Waals surface area contributed by atoms with E-state index in [0.29, 0.717) is 11.6 Å². The van der Waals surface area contributed by atoms with Crippen LogP contribution in [0.3, 0.4) is 0 Å². The molecule has 0 aliphatic carbocycles. The molecule has 1 aromatic rings. The number of hydrogen-bond acceptors (Lipinski definition) is 4. The molecule has 1 atom stereocenters. The lowest BCUT2D eigenvalue weighted by Gasteiger charge is -2.11. The highest BCUT2D eigenvalue weighted by Gasteiger charge is 2.05. The van der Waals surface area contributed by atoms with Gasteiger partial charge in [0.25, 0.3) is 0 Å². The van der Waals surface area contributed by atoms with Crippen molar-refractivity contribution in [2.45, 2.75) is 12.6 Å². The Morgan fingerprint density at radius 2 is 2.50 bits per heavy atom. The number of aliphatic hydroxyl groups excluding tert-OH is 1. The Hall–Kier alpha value is -0.910. The average molecular weight is 218 g/mol. The van der Waals surface area contributed by atoms with Crippen molar-refractivity contribution in [1.82, 2.24) is 14.9 Å². The Balaban J connectivity index is 2.75. The monoisotopic (exact) mass is 217 g/mol. The summed E-state index contributed by atoms with van der Waals surface area (Å²) < 4.78 is 1.28. The van der Waals surface area contributed by atoms with Gasteiger partial charge in [0.05, 0.1) is 23.9 Å². The van der Waals surface area contributed by atoms with Gasteiger partial charge >= 0.3 is 5.69 Å². The highest BCUT2D eigenvalue weighted by atomic mass is 35.5. The van der Waals surface area contributed by atoms with Crippen LogP contribution in [0, 0.1) is 0 Å². The van der Waals surface area contributed by atoms with Crippen molar-refractivity contribution in [1.29, 1.82) is 0 Å². The number of hydrogen-bond donors (Lipinski definition) is 2. The first-order valence-corrected chi connectivity index (χ1v) is 4.56. The Labute approximate surface area is 86.3 Å². The zero-order valence-electron chi connectivity index (χ0n) is 7.77. The standard InChI is InChI=1S/C8H12ClN3O2/c1-10-3-7(13)5-12-4-6(9)2-11-8(12)14/h2,4,7,10,13H,3,5H2,1H3. The summed E-state index contributed by atoms with van der Waals surface area (Å²) in [7, 11) is 1.72. The van der Waals surface area contributed by atoms with E-state index in [-0.39, 0.29) is 6.54 Å². The van der Waals surface area contributed by atoms with Gasteiger partial charge in [-0.05, 0) is 7.05 Å². The minimum atomic E-state index is -0.627. The number of nitrogens with one attached hydrogen (secondary N) is 1. The van der Waals surface area contributed by atoms with Crippen molar-refractivity contribution in [3.63, 3.8) is 0 Å². The van der Waals surface area contributed by atoms with Crippen molar-refractivity contribution in [3.8, 4) is 0 Å². The van der Waals surface area contributed by atoms with Gasteiger partial charge in [0.1, 0.15) is 0 Å². The van der Waals surface area contributed by atoms with E-state index in [1.165, 1.54) is 17.0 Å². The Bertz CT molecular complexity index is 353. The number of aromatic nitrogens is 2. The van der Waals surface area contributed by atoms with Crippen LogP contribution in [-0.4, -0.2) is 34.4 Å². The van der Waals surface area contributed by atoms with Crippen molar-refractivity contribution in [2.75, 3.05) is 13.6 Å². The van der Waals surface area contributed by atoms with E-state index in [9.17, 15) is 9.90 Å². The molecule has 1 aromatic heterocycles. The molecule has 0 aliphatic rings. The molecule has 1 unspecified atom stereocenters. The quantitative estimate of drug-likeness (QED) is 0.712. The molecule has 0 amide bonds.